The molecular weight excluding hydrogens is 486 g/mol. The number of halogens is 1. The van der Waals surface area contributed by atoms with Crippen LogP contribution in [0.25, 0.3) is 6.08 Å². The van der Waals surface area contributed by atoms with Gasteiger partial charge in [0.2, 0.25) is 5.17 Å². The van der Waals surface area contributed by atoms with E-state index in [0.29, 0.717) is 21.3 Å². The molecule has 3 heterocycles. The van der Waals surface area contributed by atoms with Gasteiger partial charge in [-0.25, -0.2) is 4.79 Å². The number of ether oxygens (including phenoxy) is 1. The van der Waals surface area contributed by atoms with Crippen LogP contribution < -0.4 is 4.74 Å². The lowest BCUT2D eigenvalue weighted by atomic mass is 10.1. The fourth-order valence-corrected chi connectivity index (χ4v) is 4.49. The molecule has 3 aromatic rings. The van der Waals surface area contributed by atoms with Gasteiger partial charge in [0.05, 0.1) is 16.2 Å². The van der Waals surface area contributed by atoms with Gasteiger partial charge < -0.3 is 4.74 Å². The Balaban J connectivity index is 1.37. The maximum absolute atomic E-state index is 12.7. The van der Waals surface area contributed by atoms with Crippen molar-refractivity contribution in [2.24, 2.45) is 10.1 Å². The lowest BCUT2D eigenvalue weighted by Crippen LogP contribution is -2.35. The lowest BCUT2D eigenvalue weighted by Gasteiger charge is -2.20. The molecule has 35 heavy (non-hydrogen) atoms. The average Bonchev–Trinajstić information content (AvgIpc) is 3.28. The summed E-state index contributed by atoms with van der Waals surface area (Å²) in [6.45, 7) is 1.88. The Kier molecular flexibility index (Phi) is 6.02. The molecule has 8 nitrogen and oxygen atoms in total. The smallest absolute Gasteiger partial charge is 0.343 e. The number of aromatic nitrogens is 1. The predicted molar refractivity (Wildman–Crippen MR) is 136 cm³/mol. The minimum atomic E-state index is -0.553. The number of pyridine rings is 1. The van der Waals surface area contributed by atoms with Crippen molar-refractivity contribution in [2.45, 2.75) is 6.92 Å². The third kappa shape index (κ3) is 4.64. The summed E-state index contributed by atoms with van der Waals surface area (Å²) < 4.78 is 5.43. The number of hydrogen-bond acceptors (Lipinski definition) is 7. The highest BCUT2D eigenvalue weighted by molar-refractivity contribution is 8.27. The largest absolute Gasteiger partial charge is 0.421 e. The van der Waals surface area contributed by atoms with Crippen molar-refractivity contribution >= 4 is 57.4 Å². The topological polar surface area (TPSA) is 108 Å². The molecule has 172 valence electrons. The first-order valence-corrected chi connectivity index (χ1v) is 11.6. The van der Waals surface area contributed by atoms with Crippen molar-refractivity contribution in [1.29, 1.82) is 5.41 Å². The maximum Gasteiger partial charge on any atom is 0.343 e. The fraction of sp³-hybridized carbons (Fsp3) is 0.0400. The molecule has 0 unspecified atom stereocenters. The van der Waals surface area contributed by atoms with Crippen LogP contribution in [0, 0.1) is 12.3 Å². The van der Waals surface area contributed by atoms with E-state index in [1.807, 2.05) is 19.1 Å². The first-order chi connectivity index (χ1) is 16.9. The van der Waals surface area contributed by atoms with E-state index in [1.165, 1.54) is 22.8 Å². The maximum atomic E-state index is 12.7. The minimum Gasteiger partial charge on any atom is -0.421 e. The standard InChI is InChI=1S/C25H16ClN5O3S/c1-14-4-2-5-16(10-14)24(33)34-20-8-7-15(12-19(20)26)11-18-21(27)31-25(29-22(18)32)35-23(30-31)17-6-3-9-28-13-17/h2-13,27H,1H3/b18-11-,27-21?. The second-order valence-electron chi connectivity index (χ2n) is 7.62. The molecule has 0 saturated heterocycles. The number of rotatable bonds is 4. The molecule has 1 amide bonds. The van der Waals surface area contributed by atoms with Crippen molar-refractivity contribution in [3.05, 3.63) is 99.8 Å². The molecule has 2 aliphatic heterocycles. The molecule has 1 N–H and O–H groups in total. The van der Waals surface area contributed by atoms with Gasteiger partial charge in [-0.3, -0.25) is 15.2 Å². The second-order valence-corrected chi connectivity index (χ2v) is 8.98. The number of aryl methyl sites for hydroxylation is 1. The number of carbonyl (C=O) groups excluding carboxylic acids is 2. The van der Waals surface area contributed by atoms with Crippen LogP contribution in [0.3, 0.4) is 0 Å². The number of aliphatic imine (C=N–C) groups is 1. The molecule has 0 radical (unpaired) electrons. The molecule has 0 atom stereocenters. The Morgan fingerprint density at radius 2 is 2.03 bits per heavy atom. The van der Waals surface area contributed by atoms with Crippen LogP contribution in [-0.2, 0) is 4.79 Å². The lowest BCUT2D eigenvalue weighted by molar-refractivity contribution is -0.114. The van der Waals surface area contributed by atoms with E-state index in [0.717, 1.165) is 11.1 Å². The van der Waals surface area contributed by atoms with Gasteiger partial charge in [-0.2, -0.15) is 15.1 Å². The molecule has 10 heteroatoms. The van der Waals surface area contributed by atoms with Gasteiger partial charge in [-0.05, 0) is 66.7 Å². The van der Waals surface area contributed by atoms with E-state index < -0.39 is 11.9 Å². The minimum absolute atomic E-state index is 0.0612. The van der Waals surface area contributed by atoms with Crippen LogP contribution in [0.4, 0.5) is 0 Å². The molecule has 5 rings (SSSR count). The molecule has 0 aliphatic carbocycles. The SMILES string of the molecule is Cc1cccc(C(=O)Oc2ccc(/C=C3/C(=N)N4N=C(c5cccnc5)SC4=NC3=O)cc2Cl)c1. The zero-order valence-electron chi connectivity index (χ0n) is 18.2. The van der Waals surface area contributed by atoms with Crippen LogP contribution in [0.2, 0.25) is 5.02 Å². The summed E-state index contributed by atoms with van der Waals surface area (Å²) in [5.41, 5.74) is 2.72. The van der Waals surface area contributed by atoms with Crippen molar-refractivity contribution in [1.82, 2.24) is 9.99 Å². The number of fused-ring (bicyclic) bond motifs is 1. The third-order valence-corrected chi connectivity index (χ3v) is 6.34. The van der Waals surface area contributed by atoms with Gasteiger partial charge in [0.1, 0.15) is 10.8 Å². The number of amides is 1. The van der Waals surface area contributed by atoms with Gasteiger partial charge in [0.15, 0.2) is 5.84 Å². The number of carbonyl (C=O) groups is 2. The molecule has 2 aliphatic rings. The van der Waals surface area contributed by atoms with Gasteiger partial charge in [-0.1, -0.05) is 35.4 Å². The van der Waals surface area contributed by atoms with Crippen molar-refractivity contribution in [3.8, 4) is 5.75 Å². The number of amidine groups is 2. The fourth-order valence-electron chi connectivity index (χ4n) is 3.39. The Labute approximate surface area is 209 Å². The first-order valence-electron chi connectivity index (χ1n) is 10.4. The van der Waals surface area contributed by atoms with Crippen LogP contribution in [-0.4, -0.2) is 37.9 Å². The summed E-state index contributed by atoms with van der Waals surface area (Å²) >= 11 is 7.54. The van der Waals surface area contributed by atoms with Gasteiger partial charge in [0.25, 0.3) is 5.91 Å². The molecule has 0 bridgehead atoms. The summed E-state index contributed by atoms with van der Waals surface area (Å²) in [7, 11) is 0. The normalized spacial score (nSPS) is 16.2. The van der Waals surface area contributed by atoms with E-state index >= 15 is 0 Å². The van der Waals surface area contributed by atoms with E-state index in [9.17, 15) is 9.59 Å². The van der Waals surface area contributed by atoms with Crippen LogP contribution >= 0.6 is 23.4 Å². The van der Waals surface area contributed by atoms with Crippen LogP contribution in [0.15, 0.2) is 82.7 Å². The highest BCUT2D eigenvalue weighted by Crippen LogP contribution is 2.32. The molecule has 0 spiro atoms. The number of hydrazone groups is 1. The van der Waals surface area contributed by atoms with E-state index in [-0.39, 0.29) is 22.2 Å². The predicted octanol–water partition coefficient (Wildman–Crippen LogP) is 4.93. The molecule has 0 saturated carbocycles. The first kappa shape index (κ1) is 22.7. The van der Waals surface area contributed by atoms with E-state index in [4.69, 9.17) is 21.7 Å². The molecule has 2 aromatic carbocycles. The highest BCUT2D eigenvalue weighted by Gasteiger charge is 2.36. The van der Waals surface area contributed by atoms with E-state index in [2.05, 4.69) is 15.1 Å². The quantitative estimate of drug-likeness (QED) is 0.308. The van der Waals surface area contributed by atoms with Gasteiger partial charge in [0, 0.05) is 18.0 Å². The van der Waals surface area contributed by atoms with Crippen molar-refractivity contribution in [2.75, 3.05) is 0 Å². The number of hydrogen-bond donors (Lipinski definition) is 1. The average molecular weight is 502 g/mol. The highest BCUT2D eigenvalue weighted by atomic mass is 35.5. The number of esters is 1. The summed E-state index contributed by atoms with van der Waals surface area (Å²) in [6, 6.07) is 15.4. The van der Waals surface area contributed by atoms with Gasteiger partial charge >= 0.3 is 5.97 Å². The van der Waals surface area contributed by atoms with Crippen molar-refractivity contribution < 1.29 is 14.3 Å². The van der Waals surface area contributed by atoms with Crippen LogP contribution in [0.1, 0.15) is 27.0 Å². The second kappa shape index (κ2) is 9.28. The number of nitrogens with zero attached hydrogens (tertiary/aromatic N) is 4. The Morgan fingerprint density at radius 1 is 1.17 bits per heavy atom. The zero-order chi connectivity index (χ0) is 24.5. The Hall–Kier alpha value is -4.08. The number of benzene rings is 2. The monoisotopic (exact) mass is 501 g/mol. The number of nitrogens with one attached hydrogen (secondary N) is 1. The number of thioether (sulfide) groups is 1. The summed E-state index contributed by atoms with van der Waals surface area (Å²) in [5, 5.41) is 15.4. The van der Waals surface area contributed by atoms with E-state index in [1.54, 1.807) is 54.9 Å². The van der Waals surface area contributed by atoms with Crippen molar-refractivity contribution in [3.63, 3.8) is 0 Å². The third-order valence-electron chi connectivity index (χ3n) is 5.09. The van der Waals surface area contributed by atoms with Gasteiger partial charge in [-0.15, -0.1) is 0 Å². The summed E-state index contributed by atoms with van der Waals surface area (Å²) in [6.07, 6.45) is 4.81. The molecule has 1 aromatic heterocycles. The summed E-state index contributed by atoms with van der Waals surface area (Å²) in [5.74, 6) is -0.992. The zero-order valence-corrected chi connectivity index (χ0v) is 19.8. The summed E-state index contributed by atoms with van der Waals surface area (Å²) in [4.78, 5) is 33.3. The van der Waals surface area contributed by atoms with Crippen LogP contribution in [0.5, 0.6) is 5.75 Å². The Morgan fingerprint density at radius 3 is 2.77 bits per heavy atom. The molecular formula is C25H16ClN5O3S. The Bertz CT molecular complexity index is 1480. The molecule has 0 fully saturated rings.